The van der Waals surface area contributed by atoms with Crippen LogP contribution in [-0.2, 0) is 16.4 Å². The first kappa shape index (κ1) is 22.5. The number of nitrogens with zero attached hydrogens (tertiary/aromatic N) is 1. The number of sulfonamides is 1. The summed E-state index contributed by atoms with van der Waals surface area (Å²) in [7, 11) is 1.17. The molecule has 0 saturated heterocycles. The van der Waals surface area contributed by atoms with Crippen molar-refractivity contribution in [3.05, 3.63) is 35.9 Å². The summed E-state index contributed by atoms with van der Waals surface area (Å²) in [6.45, 7) is 2.10. The molecular formula is C21H27N3O6S. The molecule has 3 rings (SSSR count). The average Bonchev–Trinajstić information content (AvgIpc) is 2.77. The maximum Gasteiger partial charge on any atom is 0.323 e. The van der Waals surface area contributed by atoms with Crippen LogP contribution in [0.25, 0.3) is 0 Å². The van der Waals surface area contributed by atoms with E-state index >= 15 is 0 Å². The SMILES string of the molecule is CCS(=O)(=O)N1CCCc2cc(NC(=O)Nc3cc(OC)c(OC)c(OC)c3)ccc21. The van der Waals surface area contributed by atoms with E-state index < -0.39 is 16.1 Å². The molecule has 1 aliphatic rings. The standard InChI is InChI=1S/C21H27N3O6S/c1-5-31(26,27)24-10-6-7-14-11-15(8-9-17(14)24)22-21(25)23-16-12-18(28-2)20(30-4)19(13-16)29-3/h8-9,11-13H,5-7,10H2,1-4H3,(H2,22,23,25). The highest BCUT2D eigenvalue weighted by molar-refractivity contribution is 7.92. The van der Waals surface area contributed by atoms with Crippen molar-refractivity contribution in [1.29, 1.82) is 0 Å². The summed E-state index contributed by atoms with van der Waals surface area (Å²) in [4.78, 5) is 12.5. The first-order chi connectivity index (χ1) is 14.8. The molecule has 1 heterocycles. The summed E-state index contributed by atoms with van der Waals surface area (Å²) in [5.41, 5.74) is 2.59. The van der Waals surface area contributed by atoms with Gasteiger partial charge in [-0.05, 0) is 43.5 Å². The third-order valence-electron chi connectivity index (χ3n) is 5.04. The van der Waals surface area contributed by atoms with Gasteiger partial charge in [-0.25, -0.2) is 13.2 Å². The van der Waals surface area contributed by atoms with Crippen molar-refractivity contribution in [3.8, 4) is 17.2 Å². The number of rotatable bonds is 7. The Kier molecular flexibility index (Phi) is 6.79. The van der Waals surface area contributed by atoms with Crippen LogP contribution in [0.1, 0.15) is 18.9 Å². The molecule has 168 valence electrons. The van der Waals surface area contributed by atoms with Gasteiger partial charge in [0.2, 0.25) is 15.8 Å². The summed E-state index contributed by atoms with van der Waals surface area (Å²) >= 11 is 0. The van der Waals surface area contributed by atoms with E-state index in [1.54, 1.807) is 37.3 Å². The maximum atomic E-state index is 12.5. The number of hydrogen-bond donors (Lipinski definition) is 2. The fourth-order valence-electron chi connectivity index (χ4n) is 3.53. The van der Waals surface area contributed by atoms with E-state index in [9.17, 15) is 13.2 Å². The Morgan fingerprint density at radius 2 is 1.65 bits per heavy atom. The van der Waals surface area contributed by atoms with Crippen molar-refractivity contribution in [2.24, 2.45) is 0 Å². The molecule has 2 amide bonds. The van der Waals surface area contributed by atoms with Gasteiger partial charge in [0, 0.05) is 24.4 Å². The predicted molar refractivity (Wildman–Crippen MR) is 120 cm³/mol. The van der Waals surface area contributed by atoms with Crippen LogP contribution in [0.15, 0.2) is 30.3 Å². The van der Waals surface area contributed by atoms with Crippen molar-refractivity contribution in [1.82, 2.24) is 0 Å². The maximum absolute atomic E-state index is 12.5. The number of urea groups is 1. The molecule has 0 radical (unpaired) electrons. The van der Waals surface area contributed by atoms with Crippen molar-refractivity contribution in [2.45, 2.75) is 19.8 Å². The molecule has 9 nitrogen and oxygen atoms in total. The fraction of sp³-hybridized carbons (Fsp3) is 0.381. The van der Waals surface area contributed by atoms with Crippen LogP contribution in [0.2, 0.25) is 0 Å². The summed E-state index contributed by atoms with van der Waals surface area (Å²) in [5, 5.41) is 5.52. The summed E-state index contributed by atoms with van der Waals surface area (Å²) < 4.78 is 42.0. The number of ether oxygens (including phenoxy) is 3. The molecule has 0 saturated carbocycles. The molecule has 2 N–H and O–H groups in total. The summed E-state index contributed by atoms with van der Waals surface area (Å²) in [6.07, 6.45) is 1.47. The fourth-order valence-corrected chi connectivity index (χ4v) is 4.73. The minimum Gasteiger partial charge on any atom is -0.493 e. The molecule has 31 heavy (non-hydrogen) atoms. The van der Waals surface area contributed by atoms with Crippen LogP contribution >= 0.6 is 0 Å². The summed E-state index contributed by atoms with van der Waals surface area (Å²) in [5.74, 6) is 1.31. The number of benzene rings is 2. The van der Waals surface area contributed by atoms with Crippen LogP contribution in [0, 0.1) is 0 Å². The Hall–Kier alpha value is -3.14. The van der Waals surface area contributed by atoms with E-state index in [1.165, 1.54) is 25.6 Å². The molecule has 0 bridgehead atoms. The number of fused-ring (bicyclic) bond motifs is 1. The van der Waals surface area contributed by atoms with Gasteiger partial charge >= 0.3 is 6.03 Å². The van der Waals surface area contributed by atoms with Crippen LogP contribution < -0.4 is 29.1 Å². The van der Waals surface area contributed by atoms with Gasteiger partial charge < -0.3 is 24.8 Å². The zero-order chi connectivity index (χ0) is 22.6. The quantitative estimate of drug-likeness (QED) is 0.671. The van der Waals surface area contributed by atoms with E-state index in [2.05, 4.69) is 10.6 Å². The molecule has 0 aliphatic carbocycles. The number of carbonyl (C=O) groups is 1. The van der Waals surface area contributed by atoms with Crippen LogP contribution in [-0.4, -0.2) is 48.1 Å². The van der Waals surface area contributed by atoms with Gasteiger partial charge in [-0.3, -0.25) is 4.31 Å². The molecule has 0 aromatic heterocycles. The Balaban J connectivity index is 1.78. The largest absolute Gasteiger partial charge is 0.493 e. The highest BCUT2D eigenvalue weighted by Gasteiger charge is 2.26. The smallest absolute Gasteiger partial charge is 0.323 e. The Bertz CT molecular complexity index is 1050. The van der Waals surface area contributed by atoms with Gasteiger partial charge in [0.15, 0.2) is 11.5 Å². The van der Waals surface area contributed by atoms with Crippen LogP contribution in [0.5, 0.6) is 17.2 Å². The molecule has 1 aliphatic heterocycles. The van der Waals surface area contributed by atoms with Gasteiger partial charge in [-0.2, -0.15) is 0 Å². The van der Waals surface area contributed by atoms with E-state index in [1.807, 2.05) is 0 Å². The van der Waals surface area contributed by atoms with Crippen LogP contribution in [0.3, 0.4) is 0 Å². The number of methoxy groups -OCH3 is 3. The van der Waals surface area contributed by atoms with Crippen molar-refractivity contribution in [2.75, 3.05) is 48.6 Å². The zero-order valence-electron chi connectivity index (χ0n) is 18.0. The topological polar surface area (TPSA) is 106 Å². The minimum absolute atomic E-state index is 0.0453. The normalized spacial score (nSPS) is 13.2. The number of carbonyl (C=O) groups excluding carboxylic acids is 1. The molecule has 0 atom stereocenters. The second kappa shape index (κ2) is 9.34. The molecule has 10 heteroatoms. The van der Waals surface area contributed by atoms with E-state index in [-0.39, 0.29) is 5.75 Å². The number of nitrogens with one attached hydrogen (secondary N) is 2. The highest BCUT2D eigenvalue weighted by atomic mass is 32.2. The van der Waals surface area contributed by atoms with Gasteiger partial charge in [-0.1, -0.05) is 0 Å². The van der Waals surface area contributed by atoms with Gasteiger partial charge in [0.1, 0.15) is 0 Å². The zero-order valence-corrected chi connectivity index (χ0v) is 18.8. The van der Waals surface area contributed by atoms with Gasteiger partial charge in [0.25, 0.3) is 0 Å². The van der Waals surface area contributed by atoms with Crippen LogP contribution in [0.4, 0.5) is 21.9 Å². The van der Waals surface area contributed by atoms with E-state index in [0.29, 0.717) is 40.9 Å². The third kappa shape index (κ3) is 4.79. The van der Waals surface area contributed by atoms with Crippen molar-refractivity contribution in [3.63, 3.8) is 0 Å². The average molecular weight is 450 g/mol. The molecule has 0 unspecified atom stereocenters. The Morgan fingerprint density at radius 3 is 2.23 bits per heavy atom. The predicted octanol–water partition coefficient (Wildman–Crippen LogP) is 3.46. The molecular weight excluding hydrogens is 422 g/mol. The molecule has 0 fully saturated rings. The number of aryl methyl sites for hydroxylation is 1. The van der Waals surface area contributed by atoms with Crippen molar-refractivity contribution >= 4 is 33.1 Å². The van der Waals surface area contributed by atoms with E-state index in [4.69, 9.17) is 14.2 Å². The Labute approximate surface area is 182 Å². The lowest BCUT2D eigenvalue weighted by molar-refractivity contribution is 0.262. The first-order valence-corrected chi connectivity index (χ1v) is 11.4. The number of hydrogen-bond acceptors (Lipinski definition) is 6. The van der Waals surface area contributed by atoms with Gasteiger partial charge in [0.05, 0.1) is 38.5 Å². The second-order valence-corrected chi connectivity index (χ2v) is 9.09. The minimum atomic E-state index is -3.33. The first-order valence-electron chi connectivity index (χ1n) is 9.84. The van der Waals surface area contributed by atoms with E-state index in [0.717, 1.165) is 18.4 Å². The molecule has 0 spiro atoms. The highest BCUT2D eigenvalue weighted by Crippen LogP contribution is 2.40. The summed E-state index contributed by atoms with van der Waals surface area (Å²) in [6, 6.07) is 8.03. The lowest BCUT2D eigenvalue weighted by Gasteiger charge is -2.30. The third-order valence-corrected chi connectivity index (χ3v) is 6.82. The lowest BCUT2D eigenvalue weighted by Crippen LogP contribution is -2.36. The molecule has 2 aromatic rings. The monoisotopic (exact) mass is 449 g/mol. The number of anilines is 3. The molecule has 2 aromatic carbocycles. The second-order valence-electron chi connectivity index (χ2n) is 6.91. The Morgan fingerprint density at radius 1 is 1.00 bits per heavy atom. The van der Waals surface area contributed by atoms with Gasteiger partial charge in [-0.15, -0.1) is 0 Å². The lowest BCUT2D eigenvalue weighted by atomic mass is 10.0. The van der Waals surface area contributed by atoms with Crippen molar-refractivity contribution < 1.29 is 27.4 Å². The number of amides is 2.